The normalized spacial score (nSPS) is 14.6. The molecule has 17 heavy (non-hydrogen) atoms. The van der Waals surface area contributed by atoms with Crippen molar-refractivity contribution in [3.63, 3.8) is 0 Å². The maximum absolute atomic E-state index is 10.2. The van der Waals surface area contributed by atoms with Crippen molar-refractivity contribution >= 4 is 0 Å². The van der Waals surface area contributed by atoms with Crippen molar-refractivity contribution in [3.05, 3.63) is 53.9 Å². The van der Waals surface area contributed by atoms with Crippen LogP contribution in [-0.4, -0.2) is 16.9 Å². The van der Waals surface area contributed by atoms with Gasteiger partial charge in [0.1, 0.15) is 6.10 Å². The number of pyridine rings is 1. The number of rotatable bonds is 2. The van der Waals surface area contributed by atoms with E-state index in [1.54, 1.807) is 30.6 Å². The number of fused-ring (bicyclic) bond motifs is 1. The first-order valence-electron chi connectivity index (χ1n) is 5.32. The van der Waals surface area contributed by atoms with Crippen LogP contribution in [0.4, 0.5) is 0 Å². The third kappa shape index (κ3) is 1.83. The first-order chi connectivity index (χ1) is 8.34. The molecular formula is C13H11NO3. The average Bonchev–Trinajstić information content (AvgIpc) is 2.86. The molecule has 1 aliphatic heterocycles. The topological polar surface area (TPSA) is 51.6 Å². The molecule has 1 aromatic carbocycles. The van der Waals surface area contributed by atoms with Gasteiger partial charge >= 0.3 is 0 Å². The SMILES string of the molecule is OC(c1cccnc1)c1ccc2c(c1)OCO2. The predicted octanol–water partition coefficient (Wildman–Crippen LogP) is 1.89. The Hall–Kier alpha value is -2.07. The van der Waals surface area contributed by atoms with Gasteiger partial charge in [0.15, 0.2) is 11.5 Å². The summed E-state index contributed by atoms with van der Waals surface area (Å²) in [5.74, 6) is 1.39. The molecule has 0 amide bonds. The highest BCUT2D eigenvalue weighted by Crippen LogP contribution is 2.35. The fraction of sp³-hybridized carbons (Fsp3) is 0.154. The number of ether oxygens (including phenoxy) is 2. The van der Waals surface area contributed by atoms with Gasteiger partial charge in [-0.3, -0.25) is 4.98 Å². The predicted molar refractivity (Wildman–Crippen MR) is 60.9 cm³/mol. The second-order valence-corrected chi connectivity index (χ2v) is 3.80. The fourth-order valence-corrected chi connectivity index (χ4v) is 1.81. The number of aliphatic hydroxyl groups excluding tert-OH is 1. The zero-order chi connectivity index (χ0) is 11.7. The summed E-state index contributed by atoms with van der Waals surface area (Å²) in [4.78, 5) is 3.99. The number of nitrogens with zero attached hydrogens (tertiary/aromatic N) is 1. The summed E-state index contributed by atoms with van der Waals surface area (Å²) < 4.78 is 10.5. The fourth-order valence-electron chi connectivity index (χ4n) is 1.81. The molecule has 0 spiro atoms. The van der Waals surface area contributed by atoms with E-state index in [1.165, 1.54) is 0 Å². The third-order valence-electron chi connectivity index (χ3n) is 2.71. The van der Waals surface area contributed by atoms with Gasteiger partial charge in [0.25, 0.3) is 0 Å². The van der Waals surface area contributed by atoms with Gasteiger partial charge in [0, 0.05) is 18.0 Å². The van der Waals surface area contributed by atoms with E-state index in [-0.39, 0.29) is 6.79 Å². The number of aliphatic hydroxyl groups is 1. The molecule has 1 N–H and O–H groups in total. The van der Waals surface area contributed by atoms with E-state index < -0.39 is 6.10 Å². The molecule has 1 aliphatic rings. The van der Waals surface area contributed by atoms with Crippen molar-refractivity contribution in [2.75, 3.05) is 6.79 Å². The molecule has 0 saturated heterocycles. The van der Waals surface area contributed by atoms with E-state index in [1.807, 2.05) is 12.1 Å². The Balaban J connectivity index is 1.94. The van der Waals surface area contributed by atoms with Gasteiger partial charge in [-0.1, -0.05) is 12.1 Å². The Morgan fingerprint density at radius 1 is 1.12 bits per heavy atom. The van der Waals surface area contributed by atoms with Crippen LogP contribution >= 0.6 is 0 Å². The molecule has 0 aliphatic carbocycles. The molecule has 2 aromatic rings. The highest BCUT2D eigenvalue weighted by atomic mass is 16.7. The van der Waals surface area contributed by atoms with E-state index in [4.69, 9.17) is 9.47 Å². The number of aromatic nitrogens is 1. The van der Waals surface area contributed by atoms with Crippen LogP contribution in [0.1, 0.15) is 17.2 Å². The second kappa shape index (κ2) is 4.07. The summed E-state index contributed by atoms with van der Waals surface area (Å²) in [5, 5.41) is 10.2. The standard InChI is InChI=1S/C13H11NO3/c15-13(10-2-1-5-14-7-10)9-3-4-11-12(6-9)17-8-16-11/h1-7,13,15H,8H2. The third-order valence-corrected chi connectivity index (χ3v) is 2.71. The van der Waals surface area contributed by atoms with Crippen molar-refractivity contribution in [1.82, 2.24) is 4.98 Å². The molecule has 0 bridgehead atoms. The summed E-state index contributed by atoms with van der Waals surface area (Å²) in [7, 11) is 0. The Morgan fingerprint density at radius 2 is 2.00 bits per heavy atom. The van der Waals surface area contributed by atoms with E-state index >= 15 is 0 Å². The van der Waals surface area contributed by atoms with Crippen LogP contribution in [0, 0.1) is 0 Å². The van der Waals surface area contributed by atoms with Gasteiger partial charge in [0.2, 0.25) is 6.79 Å². The van der Waals surface area contributed by atoms with Crippen LogP contribution in [0.25, 0.3) is 0 Å². The second-order valence-electron chi connectivity index (χ2n) is 3.80. The van der Waals surface area contributed by atoms with E-state index in [2.05, 4.69) is 4.98 Å². The van der Waals surface area contributed by atoms with E-state index in [0.29, 0.717) is 11.5 Å². The minimum atomic E-state index is -0.696. The lowest BCUT2D eigenvalue weighted by Crippen LogP contribution is -1.99. The molecule has 3 rings (SSSR count). The monoisotopic (exact) mass is 229 g/mol. The van der Waals surface area contributed by atoms with E-state index in [0.717, 1.165) is 11.1 Å². The molecule has 2 heterocycles. The molecule has 0 radical (unpaired) electrons. The van der Waals surface area contributed by atoms with Gasteiger partial charge in [-0.15, -0.1) is 0 Å². The maximum Gasteiger partial charge on any atom is 0.231 e. The van der Waals surface area contributed by atoms with Gasteiger partial charge < -0.3 is 14.6 Å². The van der Waals surface area contributed by atoms with Crippen LogP contribution in [0.3, 0.4) is 0 Å². The molecule has 1 unspecified atom stereocenters. The van der Waals surface area contributed by atoms with Crippen LogP contribution in [0.5, 0.6) is 11.5 Å². The Labute approximate surface area is 98.5 Å². The smallest absolute Gasteiger partial charge is 0.231 e. The summed E-state index contributed by atoms with van der Waals surface area (Å²) in [6.45, 7) is 0.238. The van der Waals surface area contributed by atoms with Crippen LogP contribution in [0.2, 0.25) is 0 Å². The Morgan fingerprint density at radius 3 is 2.82 bits per heavy atom. The Bertz CT molecular complexity index is 527. The summed E-state index contributed by atoms with van der Waals surface area (Å²) in [6, 6.07) is 9.05. The molecule has 0 fully saturated rings. The van der Waals surface area contributed by atoms with Gasteiger partial charge in [-0.05, 0) is 23.8 Å². The zero-order valence-electron chi connectivity index (χ0n) is 9.04. The lowest BCUT2D eigenvalue weighted by atomic mass is 10.0. The summed E-state index contributed by atoms with van der Waals surface area (Å²) in [5.41, 5.74) is 1.52. The molecule has 1 atom stereocenters. The number of hydrogen-bond acceptors (Lipinski definition) is 4. The van der Waals surface area contributed by atoms with Crippen LogP contribution in [-0.2, 0) is 0 Å². The van der Waals surface area contributed by atoms with Gasteiger partial charge in [0.05, 0.1) is 0 Å². The van der Waals surface area contributed by atoms with Crippen molar-refractivity contribution in [1.29, 1.82) is 0 Å². The molecule has 86 valence electrons. The first kappa shape index (κ1) is 10.1. The van der Waals surface area contributed by atoms with Crippen molar-refractivity contribution < 1.29 is 14.6 Å². The lowest BCUT2D eigenvalue weighted by Gasteiger charge is -2.11. The van der Waals surface area contributed by atoms with Gasteiger partial charge in [-0.25, -0.2) is 0 Å². The number of hydrogen-bond donors (Lipinski definition) is 1. The Kier molecular flexibility index (Phi) is 2.42. The van der Waals surface area contributed by atoms with Crippen LogP contribution < -0.4 is 9.47 Å². The zero-order valence-corrected chi connectivity index (χ0v) is 9.04. The molecule has 4 heteroatoms. The van der Waals surface area contributed by atoms with Crippen molar-refractivity contribution in [2.24, 2.45) is 0 Å². The highest BCUT2D eigenvalue weighted by molar-refractivity contribution is 5.46. The molecule has 4 nitrogen and oxygen atoms in total. The highest BCUT2D eigenvalue weighted by Gasteiger charge is 2.17. The van der Waals surface area contributed by atoms with Gasteiger partial charge in [-0.2, -0.15) is 0 Å². The minimum Gasteiger partial charge on any atom is -0.454 e. The first-order valence-corrected chi connectivity index (χ1v) is 5.32. The lowest BCUT2D eigenvalue weighted by molar-refractivity contribution is 0.173. The molecular weight excluding hydrogens is 218 g/mol. The van der Waals surface area contributed by atoms with Crippen LogP contribution in [0.15, 0.2) is 42.7 Å². The quantitative estimate of drug-likeness (QED) is 0.854. The average molecular weight is 229 g/mol. The maximum atomic E-state index is 10.2. The van der Waals surface area contributed by atoms with E-state index in [9.17, 15) is 5.11 Å². The largest absolute Gasteiger partial charge is 0.454 e. The summed E-state index contributed by atoms with van der Waals surface area (Å²) >= 11 is 0. The number of benzene rings is 1. The summed E-state index contributed by atoms with van der Waals surface area (Å²) in [6.07, 6.45) is 2.63. The molecule has 0 saturated carbocycles. The van der Waals surface area contributed by atoms with Crippen molar-refractivity contribution in [3.8, 4) is 11.5 Å². The van der Waals surface area contributed by atoms with Crippen molar-refractivity contribution in [2.45, 2.75) is 6.10 Å². The molecule has 1 aromatic heterocycles. The minimum absolute atomic E-state index is 0.238.